The maximum absolute atomic E-state index is 13.5. The lowest BCUT2D eigenvalue weighted by Gasteiger charge is -2.12. The second kappa shape index (κ2) is 4.89. The molecule has 0 heterocycles. The van der Waals surface area contributed by atoms with E-state index in [1.54, 1.807) is 13.8 Å². The molecule has 0 aliphatic carbocycles. The van der Waals surface area contributed by atoms with Gasteiger partial charge in [0, 0.05) is 6.04 Å². The molecule has 0 aliphatic rings. The predicted octanol–water partition coefficient (Wildman–Crippen LogP) is 1.10. The molecule has 7 heteroatoms. The minimum absolute atomic E-state index is 0.0587. The van der Waals surface area contributed by atoms with Gasteiger partial charge in [-0.3, -0.25) is 0 Å². The van der Waals surface area contributed by atoms with Crippen LogP contribution in [-0.4, -0.2) is 21.6 Å². The molecular weight excluding hydrogens is 247 g/mol. The molecule has 0 bridgehead atoms. The number of halogens is 1. The van der Waals surface area contributed by atoms with E-state index in [9.17, 15) is 12.8 Å². The highest BCUT2D eigenvalue weighted by Gasteiger charge is 2.19. The van der Waals surface area contributed by atoms with Gasteiger partial charge in [0.25, 0.3) is 0 Å². The third-order valence-corrected chi connectivity index (χ3v) is 3.59. The molecule has 0 saturated carbocycles. The molecule has 0 radical (unpaired) electrons. The van der Waals surface area contributed by atoms with Crippen molar-refractivity contribution in [1.82, 2.24) is 4.72 Å². The number of anilines is 1. The average Bonchev–Trinajstić information content (AvgIpc) is 2.14. The normalized spacial score (nSPS) is 11.8. The summed E-state index contributed by atoms with van der Waals surface area (Å²) in [5, 5.41) is 0. The Bertz CT molecular complexity index is 491. The van der Waals surface area contributed by atoms with Crippen LogP contribution in [0.4, 0.5) is 10.1 Å². The number of rotatable bonds is 4. The number of nitrogen functional groups attached to an aromatic ring is 1. The van der Waals surface area contributed by atoms with Gasteiger partial charge < -0.3 is 10.5 Å². The Morgan fingerprint density at radius 1 is 1.41 bits per heavy atom. The van der Waals surface area contributed by atoms with Crippen LogP contribution in [0.2, 0.25) is 0 Å². The lowest BCUT2D eigenvalue weighted by molar-refractivity contribution is 0.388. The predicted molar refractivity (Wildman–Crippen MR) is 62.8 cm³/mol. The van der Waals surface area contributed by atoms with Gasteiger partial charge in [0.15, 0.2) is 11.6 Å². The van der Waals surface area contributed by atoms with Crippen LogP contribution in [0.5, 0.6) is 5.75 Å². The van der Waals surface area contributed by atoms with Crippen molar-refractivity contribution in [2.75, 3.05) is 12.8 Å². The molecule has 0 saturated heterocycles. The third kappa shape index (κ3) is 3.07. The monoisotopic (exact) mass is 262 g/mol. The van der Waals surface area contributed by atoms with E-state index in [1.165, 1.54) is 7.11 Å². The fourth-order valence-electron chi connectivity index (χ4n) is 1.34. The topological polar surface area (TPSA) is 81.4 Å². The van der Waals surface area contributed by atoms with Crippen molar-refractivity contribution in [1.29, 1.82) is 0 Å². The lowest BCUT2D eigenvalue weighted by Crippen LogP contribution is -2.30. The number of sulfonamides is 1. The molecule has 0 unspecified atom stereocenters. The number of nitrogens with two attached hydrogens (primary N) is 1. The molecule has 0 aliphatic heterocycles. The first-order valence-electron chi connectivity index (χ1n) is 4.93. The van der Waals surface area contributed by atoms with E-state index in [2.05, 4.69) is 4.72 Å². The smallest absolute Gasteiger partial charge is 0.240 e. The van der Waals surface area contributed by atoms with Crippen molar-refractivity contribution >= 4 is 15.7 Å². The lowest BCUT2D eigenvalue weighted by atomic mass is 10.3. The van der Waals surface area contributed by atoms with Crippen LogP contribution in [-0.2, 0) is 10.0 Å². The number of nitrogens with one attached hydrogen (secondary N) is 1. The summed E-state index contributed by atoms with van der Waals surface area (Å²) in [5.41, 5.74) is 5.44. The summed E-state index contributed by atoms with van der Waals surface area (Å²) in [6.45, 7) is 3.33. The van der Waals surface area contributed by atoms with E-state index in [0.29, 0.717) is 0 Å². The van der Waals surface area contributed by atoms with Crippen molar-refractivity contribution in [3.63, 3.8) is 0 Å². The first-order chi connectivity index (χ1) is 7.77. The minimum Gasteiger partial charge on any atom is -0.492 e. The maximum atomic E-state index is 13.5. The Labute approximate surface area is 99.8 Å². The number of benzene rings is 1. The molecule has 0 amide bonds. The fourth-order valence-corrected chi connectivity index (χ4v) is 2.64. The number of hydrogen-bond acceptors (Lipinski definition) is 4. The van der Waals surface area contributed by atoms with Gasteiger partial charge in [-0.2, -0.15) is 0 Å². The van der Waals surface area contributed by atoms with Crippen LogP contribution in [0.1, 0.15) is 13.8 Å². The molecule has 1 rings (SSSR count). The van der Waals surface area contributed by atoms with E-state index >= 15 is 0 Å². The van der Waals surface area contributed by atoms with Gasteiger partial charge in [0.1, 0.15) is 0 Å². The van der Waals surface area contributed by atoms with Gasteiger partial charge in [-0.25, -0.2) is 17.5 Å². The Morgan fingerprint density at radius 2 is 2.00 bits per heavy atom. The van der Waals surface area contributed by atoms with E-state index in [4.69, 9.17) is 10.5 Å². The van der Waals surface area contributed by atoms with E-state index < -0.39 is 15.8 Å². The van der Waals surface area contributed by atoms with Gasteiger partial charge in [0.2, 0.25) is 10.0 Å². The maximum Gasteiger partial charge on any atom is 0.240 e. The molecular formula is C10H15FN2O3S. The summed E-state index contributed by atoms with van der Waals surface area (Å²) >= 11 is 0. The summed E-state index contributed by atoms with van der Waals surface area (Å²) < 4.78 is 44.1. The van der Waals surface area contributed by atoms with Crippen molar-refractivity contribution < 1.29 is 17.5 Å². The largest absolute Gasteiger partial charge is 0.492 e. The van der Waals surface area contributed by atoms with E-state index in [1.807, 2.05) is 0 Å². The van der Waals surface area contributed by atoms with Crippen LogP contribution in [0.3, 0.4) is 0 Å². The highest BCUT2D eigenvalue weighted by molar-refractivity contribution is 7.89. The first-order valence-corrected chi connectivity index (χ1v) is 6.41. The SMILES string of the molecule is COc1c(N)cc(S(=O)(=O)NC(C)C)cc1F. The highest BCUT2D eigenvalue weighted by atomic mass is 32.2. The molecule has 1 aromatic carbocycles. The quantitative estimate of drug-likeness (QED) is 0.796. The van der Waals surface area contributed by atoms with E-state index in [0.717, 1.165) is 12.1 Å². The van der Waals surface area contributed by atoms with Gasteiger partial charge in [-0.05, 0) is 26.0 Å². The number of hydrogen-bond donors (Lipinski definition) is 2. The van der Waals surface area contributed by atoms with Crippen LogP contribution >= 0.6 is 0 Å². The zero-order valence-electron chi connectivity index (χ0n) is 9.82. The summed E-state index contributed by atoms with van der Waals surface area (Å²) in [5.74, 6) is -0.967. The Morgan fingerprint density at radius 3 is 2.41 bits per heavy atom. The Kier molecular flexibility index (Phi) is 3.94. The molecule has 17 heavy (non-hydrogen) atoms. The molecule has 1 aromatic rings. The molecule has 0 aromatic heterocycles. The van der Waals surface area contributed by atoms with E-state index in [-0.39, 0.29) is 22.4 Å². The second-order valence-corrected chi connectivity index (χ2v) is 5.52. The van der Waals surface area contributed by atoms with Gasteiger partial charge in [-0.1, -0.05) is 0 Å². The number of ether oxygens (including phenoxy) is 1. The van der Waals surface area contributed by atoms with Gasteiger partial charge in [0.05, 0.1) is 17.7 Å². The molecule has 96 valence electrons. The zero-order chi connectivity index (χ0) is 13.2. The van der Waals surface area contributed by atoms with Crippen molar-refractivity contribution in [3.05, 3.63) is 17.9 Å². The van der Waals surface area contributed by atoms with Crippen molar-refractivity contribution in [2.24, 2.45) is 0 Å². The first kappa shape index (κ1) is 13.7. The second-order valence-electron chi connectivity index (χ2n) is 3.80. The molecule has 5 nitrogen and oxygen atoms in total. The minimum atomic E-state index is -3.76. The average molecular weight is 262 g/mol. The fraction of sp³-hybridized carbons (Fsp3) is 0.400. The van der Waals surface area contributed by atoms with Gasteiger partial charge in [-0.15, -0.1) is 0 Å². The van der Waals surface area contributed by atoms with Crippen LogP contribution < -0.4 is 15.2 Å². The zero-order valence-corrected chi connectivity index (χ0v) is 10.6. The molecule has 0 atom stereocenters. The summed E-state index contributed by atoms with van der Waals surface area (Å²) in [6, 6.07) is 1.75. The van der Waals surface area contributed by atoms with Crippen molar-refractivity contribution in [2.45, 2.75) is 24.8 Å². The van der Waals surface area contributed by atoms with Gasteiger partial charge >= 0.3 is 0 Å². The molecule has 3 N–H and O–H groups in total. The van der Waals surface area contributed by atoms with Crippen LogP contribution in [0, 0.1) is 5.82 Å². The third-order valence-electron chi connectivity index (χ3n) is 1.95. The molecule has 0 spiro atoms. The standard InChI is InChI=1S/C10H15FN2O3S/c1-6(2)13-17(14,15)7-4-8(11)10(16-3)9(12)5-7/h4-6,13H,12H2,1-3H3. The van der Waals surface area contributed by atoms with Crippen molar-refractivity contribution in [3.8, 4) is 5.75 Å². The summed E-state index contributed by atoms with van der Waals surface area (Å²) in [6.07, 6.45) is 0. The summed E-state index contributed by atoms with van der Waals surface area (Å²) in [7, 11) is -2.50. The summed E-state index contributed by atoms with van der Waals surface area (Å²) in [4.78, 5) is -0.220. The molecule has 0 fully saturated rings. The van der Waals surface area contributed by atoms with Crippen LogP contribution in [0.15, 0.2) is 17.0 Å². The highest BCUT2D eigenvalue weighted by Crippen LogP contribution is 2.28. The Hall–Kier alpha value is -1.34. The number of methoxy groups -OCH3 is 1. The Balaban J connectivity index is 3.26. The van der Waals surface area contributed by atoms with Crippen LogP contribution in [0.25, 0.3) is 0 Å².